The van der Waals surface area contributed by atoms with E-state index in [1.165, 1.54) is 0 Å². The summed E-state index contributed by atoms with van der Waals surface area (Å²) < 4.78 is 10.8. The van der Waals surface area contributed by atoms with Crippen molar-refractivity contribution in [3.05, 3.63) is 17.5 Å². The van der Waals surface area contributed by atoms with E-state index >= 15 is 0 Å². The monoisotopic (exact) mass is 361 g/mol. The molecule has 2 aliphatic carbocycles. The highest BCUT2D eigenvalue weighted by atomic mass is 16.5. The van der Waals surface area contributed by atoms with Gasteiger partial charge < -0.3 is 19.5 Å². The minimum atomic E-state index is -0.272. The minimum Gasteiger partial charge on any atom is -0.379 e. The third-order valence-corrected chi connectivity index (χ3v) is 5.92. The first-order valence-corrected chi connectivity index (χ1v) is 9.74. The fourth-order valence-electron chi connectivity index (χ4n) is 4.20. The van der Waals surface area contributed by atoms with Gasteiger partial charge in [-0.2, -0.15) is 0 Å². The number of likely N-dealkylation sites (tertiary alicyclic amines) is 1. The maximum absolute atomic E-state index is 12.7. The van der Waals surface area contributed by atoms with Crippen LogP contribution in [-0.2, 0) is 9.53 Å². The van der Waals surface area contributed by atoms with Crippen LogP contribution < -0.4 is 5.32 Å². The van der Waals surface area contributed by atoms with Crippen molar-refractivity contribution in [2.24, 2.45) is 5.92 Å². The molecule has 1 saturated heterocycles. The van der Waals surface area contributed by atoms with E-state index in [1.807, 2.05) is 4.90 Å². The van der Waals surface area contributed by atoms with Gasteiger partial charge in [0, 0.05) is 38.1 Å². The summed E-state index contributed by atoms with van der Waals surface area (Å²) in [4.78, 5) is 27.3. The molecule has 0 aromatic carbocycles. The second kappa shape index (κ2) is 7.39. The van der Waals surface area contributed by atoms with Crippen LogP contribution in [-0.4, -0.2) is 54.2 Å². The number of amides is 2. The maximum Gasteiger partial charge on any atom is 0.290 e. The standard InChI is InChI=1S/C19H27N3O4/c1-25-16-7-6-13(19(24)22-8-2-3-9-22)10-15(16)20-18(23)17-11-14(21-26-17)12-4-5-12/h11-13,15-16H,2-10H2,1H3,(H,20,23)/t13-,15+,16+/m0/s1. The van der Waals surface area contributed by atoms with Gasteiger partial charge in [-0.15, -0.1) is 0 Å². The lowest BCUT2D eigenvalue weighted by molar-refractivity contribution is -0.136. The van der Waals surface area contributed by atoms with Gasteiger partial charge in [0.2, 0.25) is 11.7 Å². The van der Waals surface area contributed by atoms with Crippen LogP contribution in [0.1, 0.15) is 67.1 Å². The van der Waals surface area contributed by atoms with Crippen LogP contribution >= 0.6 is 0 Å². The first-order valence-electron chi connectivity index (χ1n) is 9.74. The summed E-state index contributed by atoms with van der Waals surface area (Å²) in [5.41, 5.74) is 0.865. The second-order valence-electron chi connectivity index (χ2n) is 7.79. The molecule has 3 aliphatic rings. The summed E-state index contributed by atoms with van der Waals surface area (Å²) in [6.45, 7) is 1.73. The fraction of sp³-hybridized carbons (Fsp3) is 0.737. The number of carbonyl (C=O) groups excluding carboxylic acids is 2. The van der Waals surface area contributed by atoms with E-state index in [0.29, 0.717) is 12.3 Å². The van der Waals surface area contributed by atoms with Crippen LogP contribution in [0.15, 0.2) is 10.6 Å². The van der Waals surface area contributed by atoms with E-state index in [9.17, 15) is 9.59 Å². The second-order valence-corrected chi connectivity index (χ2v) is 7.79. The fourth-order valence-corrected chi connectivity index (χ4v) is 4.20. The number of hydrogen-bond donors (Lipinski definition) is 1. The third-order valence-electron chi connectivity index (χ3n) is 5.92. The zero-order valence-electron chi connectivity index (χ0n) is 15.3. The van der Waals surface area contributed by atoms with E-state index in [0.717, 1.165) is 57.3 Å². The molecule has 0 bridgehead atoms. The van der Waals surface area contributed by atoms with Gasteiger partial charge >= 0.3 is 0 Å². The molecule has 3 atom stereocenters. The lowest BCUT2D eigenvalue weighted by atomic mass is 9.82. The van der Waals surface area contributed by atoms with Gasteiger partial charge in [0.25, 0.3) is 5.91 Å². The Morgan fingerprint density at radius 1 is 1.23 bits per heavy atom. The van der Waals surface area contributed by atoms with Crippen molar-refractivity contribution >= 4 is 11.8 Å². The van der Waals surface area contributed by atoms with E-state index in [4.69, 9.17) is 9.26 Å². The Morgan fingerprint density at radius 3 is 2.69 bits per heavy atom. The molecular formula is C19H27N3O4. The molecule has 3 fully saturated rings. The van der Waals surface area contributed by atoms with E-state index in [1.54, 1.807) is 13.2 Å². The largest absolute Gasteiger partial charge is 0.379 e. The normalized spacial score (nSPS) is 29.0. The third kappa shape index (κ3) is 3.63. The highest BCUT2D eigenvalue weighted by Crippen LogP contribution is 2.39. The lowest BCUT2D eigenvalue weighted by Gasteiger charge is -2.36. The molecule has 4 rings (SSSR count). The molecule has 1 aromatic heterocycles. The van der Waals surface area contributed by atoms with E-state index < -0.39 is 0 Å². The van der Waals surface area contributed by atoms with Crippen LogP contribution in [0.25, 0.3) is 0 Å². The average molecular weight is 361 g/mol. The van der Waals surface area contributed by atoms with E-state index in [2.05, 4.69) is 10.5 Å². The highest BCUT2D eigenvalue weighted by molar-refractivity contribution is 5.91. The molecule has 2 heterocycles. The Bertz CT molecular complexity index is 663. The van der Waals surface area contributed by atoms with Crippen LogP contribution in [0.2, 0.25) is 0 Å². The van der Waals surface area contributed by atoms with Gasteiger partial charge in [-0.05, 0) is 44.9 Å². The molecule has 0 radical (unpaired) electrons. The topological polar surface area (TPSA) is 84.7 Å². The van der Waals surface area contributed by atoms with Gasteiger partial charge in [0.1, 0.15) is 0 Å². The number of methoxy groups -OCH3 is 1. The van der Waals surface area contributed by atoms with Crippen LogP contribution in [0.5, 0.6) is 0 Å². The smallest absolute Gasteiger partial charge is 0.290 e. The summed E-state index contributed by atoms with van der Waals surface area (Å²) >= 11 is 0. The number of nitrogens with one attached hydrogen (secondary N) is 1. The molecule has 2 saturated carbocycles. The summed E-state index contributed by atoms with van der Waals surface area (Å²) in [5.74, 6) is 0.609. The quantitative estimate of drug-likeness (QED) is 0.868. The SMILES string of the molecule is CO[C@@H]1CC[C@H](C(=O)N2CCCC2)C[C@H]1NC(=O)c1cc(C2CC2)no1. The van der Waals surface area contributed by atoms with E-state index in [-0.39, 0.29) is 35.6 Å². The first-order chi connectivity index (χ1) is 12.7. The number of nitrogens with zero attached hydrogens (tertiary/aromatic N) is 2. The summed E-state index contributed by atoms with van der Waals surface area (Å²) in [7, 11) is 1.66. The van der Waals surface area contributed by atoms with Crippen molar-refractivity contribution < 1.29 is 18.8 Å². The summed E-state index contributed by atoms with van der Waals surface area (Å²) in [5, 5.41) is 7.01. The average Bonchev–Trinajstić information content (AvgIpc) is 3.15. The molecule has 7 nitrogen and oxygen atoms in total. The zero-order chi connectivity index (χ0) is 18.1. The molecule has 142 valence electrons. The molecular weight excluding hydrogens is 334 g/mol. The number of ether oxygens (including phenoxy) is 1. The number of aromatic nitrogens is 1. The zero-order valence-corrected chi connectivity index (χ0v) is 15.3. The van der Waals surface area contributed by atoms with Gasteiger partial charge in [0.05, 0.1) is 17.8 Å². The maximum atomic E-state index is 12.7. The van der Waals surface area contributed by atoms with Gasteiger partial charge in [-0.25, -0.2) is 0 Å². The van der Waals surface area contributed by atoms with Crippen molar-refractivity contribution in [3.8, 4) is 0 Å². The van der Waals surface area contributed by atoms with Crippen molar-refractivity contribution in [1.29, 1.82) is 0 Å². The van der Waals surface area contributed by atoms with Crippen molar-refractivity contribution in [1.82, 2.24) is 15.4 Å². The van der Waals surface area contributed by atoms with Crippen molar-refractivity contribution in [3.63, 3.8) is 0 Å². The first kappa shape index (κ1) is 17.5. The van der Waals surface area contributed by atoms with Crippen molar-refractivity contribution in [2.45, 2.75) is 63.0 Å². The molecule has 26 heavy (non-hydrogen) atoms. The van der Waals surface area contributed by atoms with Gasteiger partial charge in [-0.3, -0.25) is 9.59 Å². The predicted octanol–water partition coefficient (Wildman–Crippen LogP) is 2.09. The summed E-state index contributed by atoms with van der Waals surface area (Å²) in [6, 6.07) is 1.55. The molecule has 0 spiro atoms. The Labute approximate surface area is 153 Å². The molecule has 1 aromatic rings. The van der Waals surface area contributed by atoms with Gasteiger partial charge in [0.15, 0.2) is 0 Å². The van der Waals surface area contributed by atoms with Crippen LogP contribution in [0.4, 0.5) is 0 Å². The summed E-state index contributed by atoms with van der Waals surface area (Å²) in [6.07, 6.45) is 6.53. The van der Waals surface area contributed by atoms with Gasteiger partial charge in [-0.1, -0.05) is 5.16 Å². The molecule has 0 unspecified atom stereocenters. The van der Waals surface area contributed by atoms with Crippen LogP contribution in [0, 0.1) is 5.92 Å². The Hall–Kier alpha value is -1.89. The Morgan fingerprint density at radius 2 is 2.00 bits per heavy atom. The highest BCUT2D eigenvalue weighted by Gasteiger charge is 2.37. The molecule has 1 aliphatic heterocycles. The number of carbonyl (C=O) groups is 2. The van der Waals surface area contributed by atoms with Crippen LogP contribution in [0.3, 0.4) is 0 Å². The Balaban J connectivity index is 1.40. The Kier molecular flexibility index (Phi) is 4.98. The molecule has 7 heteroatoms. The molecule has 2 amide bonds. The molecule has 1 N–H and O–H groups in total. The number of hydrogen-bond acceptors (Lipinski definition) is 5. The minimum absolute atomic E-state index is 0.0402. The lowest BCUT2D eigenvalue weighted by Crippen LogP contribution is -2.50. The predicted molar refractivity (Wildman–Crippen MR) is 93.7 cm³/mol. The number of rotatable bonds is 5. The van der Waals surface area contributed by atoms with Crippen molar-refractivity contribution in [2.75, 3.05) is 20.2 Å².